The lowest BCUT2D eigenvalue weighted by atomic mass is 10.1. The highest BCUT2D eigenvalue weighted by Gasteiger charge is 2.29. The summed E-state index contributed by atoms with van der Waals surface area (Å²) in [5.74, 6) is 0.450. The van der Waals surface area contributed by atoms with Crippen molar-refractivity contribution < 1.29 is 13.9 Å². The van der Waals surface area contributed by atoms with Crippen molar-refractivity contribution in [3.63, 3.8) is 0 Å². The van der Waals surface area contributed by atoms with Crippen LogP contribution in [-0.4, -0.2) is 44.9 Å². The zero-order chi connectivity index (χ0) is 23.9. The SMILES string of the molecule is CC(C)n1ncc2c(C(=O)N(CC3CCCO3)c3nc4ccccc4s3)cc(-c3ccco3)nc21. The van der Waals surface area contributed by atoms with Crippen LogP contribution in [0, 0.1) is 0 Å². The zero-order valence-corrected chi connectivity index (χ0v) is 20.4. The molecule has 4 aromatic heterocycles. The van der Waals surface area contributed by atoms with Gasteiger partial charge in [0.1, 0.15) is 5.69 Å². The van der Waals surface area contributed by atoms with Crippen LogP contribution < -0.4 is 4.90 Å². The number of nitrogens with zero attached hydrogens (tertiary/aromatic N) is 5. The molecule has 1 fully saturated rings. The van der Waals surface area contributed by atoms with Crippen LogP contribution in [0.4, 0.5) is 5.13 Å². The van der Waals surface area contributed by atoms with Crippen LogP contribution >= 0.6 is 11.3 Å². The van der Waals surface area contributed by atoms with Crippen LogP contribution in [0.1, 0.15) is 43.1 Å². The van der Waals surface area contributed by atoms with Crippen molar-refractivity contribution in [2.45, 2.75) is 38.8 Å². The van der Waals surface area contributed by atoms with Gasteiger partial charge in [-0.05, 0) is 57.0 Å². The van der Waals surface area contributed by atoms with E-state index >= 15 is 0 Å². The number of rotatable bonds is 6. The van der Waals surface area contributed by atoms with Gasteiger partial charge in [0.15, 0.2) is 16.5 Å². The van der Waals surface area contributed by atoms with E-state index < -0.39 is 0 Å². The van der Waals surface area contributed by atoms with Crippen LogP contribution in [0.25, 0.3) is 32.7 Å². The minimum absolute atomic E-state index is 0.0220. The third-order valence-corrected chi connectivity index (χ3v) is 7.29. The second-order valence-electron chi connectivity index (χ2n) is 8.97. The first-order chi connectivity index (χ1) is 17.1. The van der Waals surface area contributed by atoms with E-state index in [1.165, 1.54) is 11.3 Å². The summed E-state index contributed by atoms with van der Waals surface area (Å²) in [6, 6.07) is 13.5. The van der Waals surface area contributed by atoms with Crippen molar-refractivity contribution >= 4 is 43.6 Å². The largest absolute Gasteiger partial charge is 0.463 e. The smallest absolute Gasteiger partial charge is 0.261 e. The maximum absolute atomic E-state index is 14.3. The molecule has 0 radical (unpaired) electrons. The normalized spacial score (nSPS) is 16.0. The average molecular weight is 488 g/mol. The fourth-order valence-electron chi connectivity index (χ4n) is 4.48. The Morgan fingerprint density at radius 1 is 1.23 bits per heavy atom. The molecular formula is C26H25N5O3S. The Kier molecular flexibility index (Phi) is 5.58. The predicted octanol–water partition coefficient (Wildman–Crippen LogP) is 5.71. The van der Waals surface area contributed by atoms with Crippen molar-refractivity contribution in [1.82, 2.24) is 19.7 Å². The molecule has 0 spiro atoms. The van der Waals surface area contributed by atoms with Crippen molar-refractivity contribution in [2.24, 2.45) is 0 Å². The predicted molar refractivity (Wildman–Crippen MR) is 136 cm³/mol. The van der Waals surface area contributed by atoms with Gasteiger partial charge in [0.05, 0.1) is 46.3 Å². The fourth-order valence-corrected chi connectivity index (χ4v) is 5.46. The zero-order valence-electron chi connectivity index (χ0n) is 19.5. The van der Waals surface area contributed by atoms with Gasteiger partial charge in [-0.25, -0.2) is 14.6 Å². The molecule has 5 aromatic rings. The van der Waals surface area contributed by atoms with Crippen LogP contribution in [0.3, 0.4) is 0 Å². The summed E-state index contributed by atoms with van der Waals surface area (Å²) in [6.45, 7) is 5.24. The lowest BCUT2D eigenvalue weighted by molar-refractivity contribution is 0.0918. The number of aromatic nitrogens is 4. The molecule has 1 aliphatic rings. The number of pyridine rings is 1. The third kappa shape index (κ3) is 4.00. The van der Waals surface area contributed by atoms with Gasteiger partial charge >= 0.3 is 0 Å². The molecule has 178 valence electrons. The summed E-state index contributed by atoms with van der Waals surface area (Å²) >= 11 is 1.51. The maximum atomic E-state index is 14.3. The highest BCUT2D eigenvalue weighted by molar-refractivity contribution is 7.22. The Morgan fingerprint density at radius 2 is 2.11 bits per heavy atom. The van der Waals surface area contributed by atoms with Gasteiger partial charge in [-0.3, -0.25) is 9.69 Å². The molecule has 8 nitrogen and oxygen atoms in total. The Labute approximate surface area is 206 Å². The van der Waals surface area contributed by atoms with E-state index in [4.69, 9.17) is 19.1 Å². The molecule has 0 N–H and O–H groups in total. The third-order valence-electron chi connectivity index (χ3n) is 6.23. The van der Waals surface area contributed by atoms with Crippen molar-refractivity contribution in [3.05, 3.63) is 60.5 Å². The number of carbonyl (C=O) groups excluding carboxylic acids is 1. The van der Waals surface area contributed by atoms with E-state index in [1.54, 1.807) is 23.4 Å². The Balaban J connectivity index is 1.50. The van der Waals surface area contributed by atoms with Crippen LogP contribution in [0.15, 0.2) is 59.3 Å². The molecular weight excluding hydrogens is 462 g/mol. The highest BCUT2D eigenvalue weighted by Crippen LogP contribution is 2.33. The van der Waals surface area contributed by atoms with Gasteiger partial charge in [-0.2, -0.15) is 5.10 Å². The van der Waals surface area contributed by atoms with Gasteiger partial charge < -0.3 is 9.15 Å². The molecule has 1 aliphatic heterocycles. The first-order valence-electron chi connectivity index (χ1n) is 11.8. The lowest BCUT2D eigenvalue weighted by Crippen LogP contribution is -2.37. The summed E-state index contributed by atoms with van der Waals surface area (Å²) in [4.78, 5) is 25.6. The number of hydrogen-bond donors (Lipinski definition) is 0. The monoisotopic (exact) mass is 487 g/mol. The maximum Gasteiger partial charge on any atom is 0.261 e. The van der Waals surface area contributed by atoms with Gasteiger partial charge in [0.25, 0.3) is 5.91 Å². The van der Waals surface area contributed by atoms with Gasteiger partial charge in [-0.1, -0.05) is 23.5 Å². The van der Waals surface area contributed by atoms with E-state index in [2.05, 4.69) is 5.10 Å². The Bertz CT molecular complexity index is 1470. The van der Waals surface area contributed by atoms with E-state index in [0.29, 0.717) is 39.7 Å². The molecule has 1 unspecified atom stereocenters. The molecule has 35 heavy (non-hydrogen) atoms. The van der Waals surface area contributed by atoms with Crippen molar-refractivity contribution in [2.75, 3.05) is 18.1 Å². The molecule has 5 heterocycles. The molecule has 0 bridgehead atoms. The van der Waals surface area contributed by atoms with Crippen LogP contribution in [0.2, 0.25) is 0 Å². The summed E-state index contributed by atoms with van der Waals surface area (Å²) in [7, 11) is 0. The number of benzene rings is 1. The minimum atomic E-state index is -0.150. The van der Waals surface area contributed by atoms with Gasteiger partial charge in [0, 0.05) is 12.6 Å². The molecule has 9 heteroatoms. The number of anilines is 1. The fraction of sp³-hybridized carbons (Fsp3) is 0.308. The number of thiazole rings is 1. The number of ether oxygens (including phenoxy) is 1. The molecule has 0 aliphatic carbocycles. The number of furan rings is 1. The summed E-state index contributed by atoms with van der Waals surface area (Å²) in [5.41, 5.74) is 2.64. The minimum Gasteiger partial charge on any atom is -0.463 e. The number of hydrogen-bond acceptors (Lipinski definition) is 7. The van der Waals surface area contributed by atoms with Crippen molar-refractivity contribution in [3.8, 4) is 11.5 Å². The number of amides is 1. The van der Waals surface area contributed by atoms with E-state index in [1.807, 2.05) is 54.9 Å². The Hall–Kier alpha value is -3.56. The molecule has 6 rings (SSSR count). The van der Waals surface area contributed by atoms with E-state index in [9.17, 15) is 4.79 Å². The molecule has 1 atom stereocenters. The first-order valence-corrected chi connectivity index (χ1v) is 12.6. The molecule has 1 amide bonds. The van der Waals surface area contributed by atoms with E-state index in [-0.39, 0.29) is 18.1 Å². The Morgan fingerprint density at radius 3 is 2.86 bits per heavy atom. The van der Waals surface area contributed by atoms with Crippen molar-refractivity contribution in [1.29, 1.82) is 0 Å². The standard InChI is InChI=1S/C26H25N5O3S/c1-16(2)31-24-19(14-27-31)18(13-21(28-24)22-9-6-12-34-22)25(32)30(15-17-7-5-11-33-17)26-29-20-8-3-4-10-23(20)35-26/h3-4,6,8-10,12-14,16-17H,5,7,11,15H2,1-2H3. The topological polar surface area (TPSA) is 86.3 Å². The molecule has 1 aromatic carbocycles. The van der Waals surface area contributed by atoms with Crippen LogP contribution in [-0.2, 0) is 4.74 Å². The van der Waals surface area contributed by atoms with E-state index in [0.717, 1.165) is 29.7 Å². The number of carbonyl (C=O) groups is 1. The number of fused-ring (bicyclic) bond motifs is 2. The lowest BCUT2D eigenvalue weighted by Gasteiger charge is -2.23. The summed E-state index contributed by atoms with van der Waals surface area (Å²) in [5, 5.41) is 5.91. The van der Waals surface area contributed by atoms with Gasteiger partial charge in [-0.15, -0.1) is 0 Å². The quantitative estimate of drug-likeness (QED) is 0.305. The van der Waals surface area contributed by atoms with Gasteiger partial charge in [0.2, 0.25) is 0 Å². The summed E-state index contributed by atoms with van der Waals surface area (Å²) < 4.78 is 14.4. The first kappa shape index (κ1) is 21.9. The summed E-state index contributed by atoms with van der Waals surface area (Å²) in [6.07, 6.45) is 5.22. The highest BCUT2D eigenvalue weighted by atomic mass is 32.1. The second kappa shape index (κ2) is 8.90. The van der Waals surface area contributed by atoms with Crippen LogP contribution in [0.5, 0.6) is 0 Å². The molecule has 0 saturated carbocycles. The second-order valence-corrected chi connectivity index (χ2v) is 9.98. The molecule has 1 saturated heterocycles. The number of para-hydroxylation sites is 1. The average Bonchev–Trinajstić information content (AvgIpc) is 3.67.